The first-order chi connectivity index (χ1) is 5.06. The lowest BCUT2D eigenvalue weighted by molar-refractivity contribution is -0.137. The second-order valence-corrected chi connectivity index (χ2v) is 3.78. The van der Waals surface area contributed by atoms with Crippen molar-refractivity contribution >= 4 is 13.8 Å². The molecular weight excluding hydrogens is 169 g/mol. The van der Waals surface area contributed by atoms with E-state index >= 15 is 0 Å². The largest absolute Gasteiger partial charge is 0.481 e. The minimum Gasteiger partial charge on any atom is -0.481 e. The molecule has 4 N–H and O–H groups in total. The van der Waals surface area contributed by atoms with Crippen molar-refractivity contribution in [2.75, 3.05) is 12.5 Å². The van der Waals surface area contributed by atoms with Crippen LogP contribution in [0.1, 0.15) is 6.42 Å². The van der Waals surface area contributed by atoms with Gasteiger partial charge in [-0.05, 0) is 0 Å². The van der Waals surface area contributed by atoms with Gasteiger partial charge in [0.2, 0.25) is 6.35 Å². The van der Waals surface area contributed by atoms with Gasteiger partial charge in [0.1, 0.15) is 0 Å². The molecule has 0 aliphatic rings. The lowest BCUT2D eigenvalue weighted by Gasteiger charge is -1.99. The maximum Gasteiger partial charge on any atom is 0.368 e. The number of nitrogens with two attached hydrogens (primary N) is 1. The van der Waals surface area contributed by atoms with Crippen LogP contribution in [0.2, 0.25) is 0 Å². The van der Waals surface area contributed by atoms with Crippen molar-refractivity contribution < 1.29 is 19.6 Å². The summed E-state index contributed by atoms with van der Waals surface area (Å²) in [5.41, 5.74) is 5.28. The average molecular weight is 180 g/mol. The molecule has 64 valence electrons. The van der Waals surface area contributed by atoms with Gasteiger partial charge in [-0.1, -0.05) is 4.57 Å². The molecule has 6 heteroatoms. The number of hydrogen-bond donors (Lipinski definition) is 3. The summed E-state index contributed by atoms with van der Waals surface area (Å²) in [4.78, 5) is 10.0. The van der Waals surface area contributed by atoms with E-state index in [4.69, 9.17) is 15.9 Å². The molecule has 0 aliphatic heterocycles. The summed E-state index contributed by atoms with van der Waals surface area (Å²) in [7, 11) is -1.73. The zero-order chi connectivity index (χ0) is 8.85. The summed E-state index contributed by atoms with van der Waals surface area (Å²) in [5, 5.41) is 16.6. The standard InChI is InChI=1S/C5H10NO4P/c6-4(1-5(8)9)2-11(10)3-7/h4,7H,1-3,6H2/p+1. The second kappa shape index (κ2) is 5.18. The molecule has 0 saturated heterocycles. The molecule has 0 bridgehead atoms. The van der Waals surface area contributed by atoms with Gasteiger partial charge in [-0.2, -0.15) is 0 Å². The quantitative estimate of drug-likeness (QED) is 0.498. The number of aliphatic carboxylic acids is 1. The Labute approximate surface area is 65.0 Å². The Morgan fingerprint density at radius 2 is 2.18 bits per heavy atom. The van der Waals surface area contributed by atoms with Crippen LogP contribution >= 0.6 is 7.80 Å². The van der Waals surface area contributed by atoms with Crippen LogP contribution in [-0.4, -0.2) is 34.7 Å². The summed E-state index contributed by atoms with van der Waals surface area (Å²) in [6, 6.07) is -0.622. The van der Waals surface area contributed by atoms with Gasteiger partial charge in [-0.25, -0.2) is 0 Å². The van der Waals surface area contributed by atoms with E-state index in [1.807, 2.05) is 0 Å². The summed E-state index contributed by atoms with van der Waals surface area (Å²) in [6.45, 7) is 0. The molecule has 0 aromatic heterocycles. The highest BCUT2D eigenvalue weighted by Gasteiger charge is 2.20. The zero-order valence-electron chi connectivity index (χ0n) is 5.93. The van der Waals surface area contributed by atoms with Crippen molar-refractivity contribution in [1.82, 2.24) is 0 Å². The van der Waals surface area contributed by atoms with Crippen LogP contribution in [0, 0.1) is 0 Å². The molecule has 0 aromatic carbocycles. The number of aliphatic hydroxyl groups excluding tert-OH is 1. The van der Waals surface area contributed by atoms with E-state index in [-0.39, 0.29) is 12.6 Å². The summed E-state index contributed by atoms with van der Waals surface area (Å²) in [6.07, 6.45) is -0.568. The molecule has 0 heterocycles. The number of carboxylic acid groups (broad SMARTS) is 1. The predicted octanol–water partition coefficient (Wildman–Crippen LogP) is -0.434. The Balaban J connectivity index is 3.60. The third-order valence-electron chi connectivity index (χ3n) is 1.03. The van der Waals surface area contributed by atoms with Gasteiger partial charge in [0.15, 0.2) is 6.16 Å². The van der Waals surface area contributed by atoms with E-state index < -0.39 is 26.2 Å². The van der Waals surface area contributed by atoms with Crippen LogP contribution in [0.5, 0.6) is 0 Å². The number of rotatable bonds is 5. The molecule has 0 saturated carbocycles. The molecule has 0 fully saturated rings. The van der Waals surface area contributed by atoms with E-state index in [2.05, 4.69) is 0 Å². The summed E-state index contributed by atoms with van der Waals surface area (Å²) < 4.78 is 10.6. The lowest BCUT2D eigenvalue weighted by atomic mass is 10.2. The molecule has 11 heavy (non-hydrogen) atoms. The fraction of sp³-hybridized carbons (Fsp3) is 0.800. The molecule has 2 atom stereocenters. The third-order valence-corrected chi connectivity index (χ3v) is 2.22. The van der Waals surface area contributed by atoms with Crippen LogP contribution in [0.3, 0.4) is 0 Å². The van der Waals surface area contributed by atoms with Gasteiger partial charge in [-0.3, -0.25) is 4.79 Å². The van der Waals surface area contributed by atoms with Gasteiger partial charge >= 0.3 is 13.8 Å². The highest BCUT2D eigenvalue weighted by Crippen LogP contribution is 2.19. The molecule has 0 aliphatic carbocycles. The van der Waals surface area contributed by atoms with Crippen molar-refractivity contribution in [3.8, 4) is 0 Å². The Morgan fingerprint density at radius 3 is 2.55 bits per heavy atom. The first-order valence-corrected chi connectivity index (χ1v) is 4.69. The first-order valence-electron chi connectivity index (χ1n) is 3.06. The fourth-order valence-electron chi connectivity index (χ4n) is 0.608. The molecule has 0 aromatic rings. The van der Waals surface area contributed by atoms with E-state index in [1.165, 1.54) is 0 Å². The van der Waals surface area contributed by atoms with Gasteiger partial charge < -0.3 is 15.9 Å². The average Bonchev–Trinajstić information content (AvgIpc) is 1.85. The van der Waals surface area contributed by atoms with Crippen LogP contribution in [0.25, 0.3) is 0 Å². The van der Waals surface area contributed by atoms with Crippen molar-refractivity contribution in [3.05, 3.63) is 0 Å². The minimum atomic E-state index is -1.73. The van der Waals surface area contributed by atoms with Gasteiger partial charge in [0, 0.05) is 0 Å². The molecule has 0 amide bonds. The molecular formula is C5H11NO4P+. The van der Waals surface area contributed by atoms with Crippen LogP contribution in [0.15, 0.2) is 0 Å². The number of aliphatic hydroxyl groups is 1. The number of carboxylic acids is 1. The van der Waals surface area contributed by atoms with Crippen LogP contribution in [-0.2, 0) is 9.36 Å². The molecule has 0 radical (unpaired) electrons. The maximum atomic E-state index is 10.6. The van der Waals surface area contributed by atoms with Crippen molar-refractivity contribution in [2.24, 2.45) is 5.73 Å². The van der Waals surface area contributed by atoms with Gasteiger partial charge in [0.05, 0.1) is 12.5 Å². The number of carbonyl (C=O) groups is 1. The Morgan fingerprint density at radius 1 is 1.64 bits per heavy atom. The van der Waals surface area contributed by atoms with E-state index in [9.17, 15) is 9.36 Å². The van der Waals surface area contributed by atoms with E-state index in [0.29, 0.717) is 0 Å². The molecule has 0 spiro atoms. The third kappa shape index (κ3) is 5.91. The minimum absolute atomic E-state index is 0.0676. The molecule has 0 rings (SSSR count). The number of hydrogen-bond acceptors (Lipinski definition) is 4. The predicted molar refractivity (Wildman–Crippen MR) is 39.8 cm³/mol. The highest BCUT2D eigenvalue weighted by atomic mass is 31.1. The monoisotopic (exact) mass is 180 g/mol. The first kappa shape index (κ1) is 10.5. The van der Waals surface area contributed by atoms with Gasteiger partial charge in [-0.15, -0.1) is 0 Å². The Hall–Kier alpha value is -0.510. The smallest absolute Gasteiger partial charge is 0.368 e. The summed E-state index contributed by atoms with van der Waals surface area (Å²) >= 11 is 0. The van der Waals surface area contributed by atoms with Crippen molar-refractivity contribution in [2.45, 2.75) is 12.5 Å². The Bertz CT molecular complexity index is 161. The Kier molecular flexibility index (Phi) is 4.94. The van der Waals surface area contributed by atoms with Crippen LogP contribution < -0.4 is 5.73 Å². The van der Waals surface area contributed by atoms with E-state index in [1.54, 1.807) is 0 Å². The lowest BCUT2D eigenvalue weighted by Crippen LogP contribution is -2.26. The topological polar surface area (TPSA) is 101 Å². The maximum absolute atomic E-state index is 10.6. The molecule has 2 unspecified atom stereocenters. The van der Waals surface area contributed by atoms with E-state index in [0.717, 1.165) is 0 Å². The van der Waals surface area contributed by atoms with Crippen LogP contribution in [0.4, 0.5) is 0 Å². The van der Waals surface area contributed by atoms with Gasteiger partial charge in [0.25, 0.3) is 0 Å². The van der Waals surface area contributed by atoms with Crippen molar-refractivity contribution in [3.63, 3.8) is 0 Å². The zero-order valence-corrected chi connectivity index (χ0v) is 6.83. The second-order valence-electron chi connectivity index (χ2n) is 2.16. The SMILES string of the molecule is NC(CC(=O)O)C[P+](=O)CO. The summed E-state index contributed by atoms with van der Waals surface area (Å²) in [5.74, 6) is -1.01. The normalized spacial score (nSPS) is 14.2. The van der Waals surface area contributed by atoms with Crippen molar-refractivity contribution in [1.29, 1.82) is 0 Å². The highest BCUT2D eigenvalue weighted by molar-refractivity contribution is 7.44. The fourth-order valence-corrected chi connectivity index (χ4v) is 1.38. The molecule has 5 nitrogen and oxygen atoms in total.